The van der Waals surface area contributed by atoms with Gasteiger partial charge in [-0.15, -0.1) is 0 Å². The summed E-state index contributed by atoms with van der Waals surface area (Å²) in [7, 11) is -4.17. The molecule has 0 fully saturated rings. The number of aldehydes is 1. The van der Waals surface area contributed by atoms with Gasteiger partial charge in [-0.2, -0.15) is 0 Å². The van der Waals surface area contributed by atoms with Crippen molar-refractivity contribution < 1.29 is 18.0 Å². The summed E-state index contributed by atoms with van der Waals surface area (Å²) in [4.78, 5) is 24.5. The minimum atomic E-state index is -4.17. The number of nitrogens with zero attached hydrogens (tertiary/aromatic N) is 1. The summed E-state index contributed by atoms with van der Waals surface area (Å²) in [6, 6.07) is 4.18. The van der Waals surface area contributed by atoms with Crippen molar-refractivity contribution >= 4 is 22.2 Å². The number of rotatable bonds is 10. The van der Waals surface area contributed by atoms with E-state index in [0.717, 1.165) is 12.0 Å². The van der Waals surface area contributed by atoms with Crippen LogP contribution in [0.2, 0.25) is 0 Å². The second kappa shape index (κ2) is 9.83. The average molecular weight is 383 g/mol. The summed E-state index contributed by atoms with van der Waals surface area (Å²) in [6.07, 6.45) is 2.58. The molecule has 0 spiro atoms. The van der Waals surface area contributed by atoms with Gasteiger partial charge in [0.15, 0.2) is 0 Å². The van der Waals surface area contributed by atoms with Crippen LogP contribution in [0.15, 0.2) is 29.2 Å². The lowest BCUT2D eigenvalue weighted by Gasteiger charge is -2.30. The highest BCUT2D eigenvalue weighted by atomic mass is 32.2. The van der Waals surface area contributed by atoms with Gasteiger partial charge in [-0.1, -0.05) is 51.3 Å². The van der Waals surface area contributed by atoms with Crippen LogP contribution in [0, 0.1) is 12.8 Å². The third-order valence-electron chi connectivity index (χ3n) is 4.15. The Labute approximate surface area is 156 Å². The second-order valence-corrected chi connectivity index (χ2v) is 8.85. The Kier molecular flexibility index (Phi) is 8.43. The first-order valence-corrected chi connectivity index (χ1v) is 10.4. The molecule has 2 N–H and O–H groups in total. The van der Waals surface area contributed by atoms with Gasteiger partial charge in [-0.3, -0.25) is 4.79 Å². The average Bonchev–Trinajstić information content (AvgIpc) is 2.57. The van der Waals surface area contributed by atoms with E-state index < -0.39 is 28.0 Å². The Morgan fingerprint density at radius 3 is 2.27 bits per heavy atom. The standard InChI is InChI=1S/C19H30N2O4S/c1-5-6-7-16(13-22)21(19(23)18(20)12-14(2)3)26(24,25)17-10-8-15(4)9-11-17/h8-11,13-14,16,18H,5-7,12,20H2,1-4H3/t16-,18-/m0/s1. The van der Waals surface area contributed by atoms with Crippen LogP contribution < -0.4 is 5.73 Å². The molecule has 0 aliphatic rings. The topological polar surface area (TPSA) is 97.5 Å². The molecule has 146 valence electrons. The van der Waals surface area contributed by atoms with E-state index in [-0.39, 0.29) is 17.2 Å². The van der Waals surface area contributed by atoms with E-state index in [4.69, 9.17) is 5.73 Å². The van der Waals surface area contributed by atoms with Crippen LogP contribution in [0.3, 0.4) is 0 Å². The number of carbonyl (C=O) groups is 2. The van der Waals surface area contributed by atoms with Crippen molar-refractivity contribution in [2.45, 2.75) is 70.4 Å². The van der Waals surface area contributed by atoms with Crippen LogP contribution in [0.4, 0.5) is 0 Å². The van der Waals surface area contributed by atoms with Gasteiger partial charge in [0.2, 0.25) is 0 Å². The number of aryl methyl sites for hydroxylation is 1. The van der Waals surface area contributed by atoms with Crippen molar-refractivity contribution in [1.29, 1.82) is 0 Å². The Hall–Kier alpha value is -1.73. The molecular weight excluding hydrogens is 352 g/mol. The van der Waals surface area contributed by atoms with Crippen LogP contribution in [-0.4, -0.2) is 37.0 Å². The van der Waals surface area contributed by atoms with Gasteiger partial charge in [0.25, 0.3) is 15.9 Å². The van der Waals surface area contributed by atoms with Gasteiger partial charge >= 0.3 is 0 Å². The van der Waals surface area contributed by atoms with Gasteiger partial charge in [0.1, 0.15) is 12.3 Å². The van der Waals surface area contributed by atoms with Gasteiger partial charge < -0.3 is 10.5 Å². The SMILES string of the molecule is CCCC[C@@H](C=O)N(C(=O)[C@@H](N)CC(C)C)S(=O)(=O)c1ccc(C)cc1. The highest BCUT2D eigenvalue weighted by molar-refractivity contribution is 7.89. The number of carbonyl (C=O) groups excluding carboxylic acids is 2. The lowest BCUT2D eigenvalue weighted by atomic mass is 10.0. The normalized spacial score (nSPS) is 14.1. The van der Waals surface area contributed by atoms with Gasteiger partial charge in [0, 0.05) is 0 Å². The number of unbranched alkanes of at least 4 members (excludes halogenated alkanes) is 1. The molecule has 0 unspecified atom stereocenters. The third-order valence-corrected chi connectivity index (χ3v) is 5.99. The first kappa shape index (κ1) is 22.3. The van der Waals surface area contributed by atoms with Crippen molar-refractivity contribution in [1.82, 2.24) is 4.31 Å². The van der Waals surface area contributed by atoms with Crippen LogP contribution in [0.5, 0.6) is 0 Å². The van der Waals surface area contributed by atoms with Crippen molar-refractivity contribution in [2.24, 2.45) is 11.7 Å². The summed E-state index contributed by atoms with van der Waals surface area (Å²) >= 11 is 0. The first-order chi connectivity index (χ1) is 12.1. The summed E-state index contributed by atoms with van der Waals surface area (Å²) < 4.78 is 27.0. The van der Waals surface area contributed by atoms with Gasteiger partial charge in [-0.05, 0) is 37.8 Å². The molecule has 0 bridgehead atoms. The number of amides is 1. The molecule has 1 amide bonds. The van der Waals surface area contributed by atoms with Crippen molar-refractivity contribution in [2.75, 3.05) is 0 Å². The van der Waals surface area contributed by atoms with Gasteiger partial charge in [-0.25, -0.2) is 12.7 Å². The quantitative estimate of drug-likeness (QED) is 0.627. The molecule has 1 aromatic carbocycles. The number of hydrogen-bond acceptors (Lipinski definition) is 5. The van der Waals surface area contributed by atoms with E-state index in [2.05, 4.69) is 0 Å². The molecule has 1 aromatic rings. The summed E-state index contributed by atoms with van der Waals surface area (Å²) in [5.74, 6) is -0.601. The number of nitrogens with two attached hydrogens (primary N) is 1. The third kappa shape index (κ3) is 5.64. The van der Waals surface area contributed by atoms with Crippen molar-refractivity contribution in [3.63, 3.8) is 0 Å². The fraction of sp³-hybridized carbons (Fsp3) is 0.579. The van der Waals surface area contributed by atoms with E-state index in [1.807, 2.05) is 27.7 Å². The monoisotopic (exact) mass is 382 g/mol. The van der Waals surface area contributed by atoms with Crippen molar-refractivity contribution in [3.05, 3.63) is 29.8 Å². The first-order valence-electron chi connectivity index (χ1n) is 9.00. The highest BCUT2D eigenvalue weighted by Crippen LogP contribution is 2.23. The van der Waals surface area contributed by atoms with Crippen LogP contribution in [0.1, 0.15) is 52.0 Å². The zero-order chi connectivity index (χ0) is 19.9. The predicted octanol–water partition coefficient (Wildman–Crippen LogP) is 2.64. The molecule has 0 aliphatic heterocycles. The Morgan fingerprint density at radius 2 is 1.81 bits per heavy atom. The molecule has 7 heteroatoms. The molecule has 1 rings (SSSR count). The van der Waals surface area contributed by atoms with E-state index >= 15 is 0 Å². The van der Waals surface area contributed by atoms with E-state index in [9.17, 15) is 18.0 Å². The van der Waals surface area contributed by atoms with Crippen LogP contribution >= 0.6 is 0 Å². The molecule has 0 saturated carbocycles. The maximum atomic E-state index is 13.1. The van der Waals surface area contributed by atoms with Crippen molar-refractivity contribution in [3.8, 4) is 0 Å². The molecule has 0 radical (unpaired) electrons. The molecule has 6 nitrogen and oxygen atoms in total. The number of benzene rings is 1. The molecule has 0 aromatic heterocycles. The van der Waals surface area contributed by atoms with Crippen LogP contribution in [-0.2, 0) is 19.6 Å². The molecule has 2 atom stereocenters. The summed E-state index contributed by atoms with van der Waals surface area (Å²) in [6.45, 7) is 7.58. The fourth-order valence-electron chi connectivity index (χ4n) is 2.71. The molecular formula is C19H30N2O4S. The Morgan fingerprint density at radius 1 is 1.23 bits per heavy atom. The van der Waals surface area contributed by atoms with Crippen LogP contribution in [0.25, 0.3) is 0 Å². The Bertz CT molecular complexity index is 699. The lowest BCUT2D eigenvalue weighted by molar-refractivity contribution is -0.132. The van der Waals surface area contributed by atoms with E-state index in [1.165, 1.54) is 12.1 Å². The smallest absolute Gasteiger partial charge is 0.267 e. The predicted molar refractivity (Wildman–Crippen MR) is 102 cm³/mol. The molecule has 0 heterocycles. The second-order valence-electron chi connectivity index (χ2n) is 7.03. The number of hydrogen-bond donors (Lipinski definition) is 1. The maximum Gasteiger partial charge on any atom is 0.267 e. The molecule has 26 heavy (non-hydrogen) atoms. The summed E-state index contributed by atoms with van der Waals surface area (Å²) in [5, 5.41) is 0. The minimum Gasteiger partial charge on any atom is -0.320 e. The largest absolute Gasteiger partial charge is 0.320 e. The van der Waals surface area contributed by atoms with Gasteiger partial charge in [0.05, 0.1) is 10.9 Å². The number of sulfonamides is 1. The fourth-order valence-corrected chi connectivity index (χ4v) is 4.30. The maximum absolute atomic E-state index is 13.1. The molecule has 0 aliphatic carbocycles. The summed E-state index contributed by atoms with van der Waals surface area (Å²) in [5.41, 5.74) is 6.87. The van der Waals surface area contributed by atoms with E-state index in [0.29, 0.717) is 23.4 Å². The zero-order valence-corrected chi connectivity index (χ0v) is 16.8. The molecule has 0 saturated heterocycles. The van der Waals surface area contributed by atoms with E-state index in [1.54, 1.807) is 12.1 Å². The Balaban J connectivity index is 3.35. The highest BCUT2D eigenvalue weighted by Gasteiger charge is 2.37. The minimum absolute atomic E-state index is 0.0171. The zero-order valence-electron chi connectivity index (χ0n) is 16.0. The lowest BCUT2D eigenvalue weighted by Crippen LogP contribution is -2.52.